The lowest BCUT2D eigenvalue weighted by molar-refractivity contribution is 0.303. The van der Waals surface area contributed by atoms with Crippen LogP contribution in [0.3, 0.4) is 0 Å². The van der Waals surface area contributed by atoms with E-state index in [0.717, 1.165) is 50.8 Å². The maximum atomic E-state index is 6.60. The number of hydrogen-bond acceptors (Lipinski definition) is 3. The number of halogens is 2. The number of rotatable bonds is 7. The second kappa shape index (κ2) is 10.2. The third-order valence-corrected chi connectivity index (χ3v) is 6.18. The highest BCUT2D eigenvalue weighted by atomic mass is 79.9. The molecule has 0 aromatic heterocycles. The predicted octanol–water partition coefficient (Wildman–Crippen LogP) is 7.28. The van der Waals surface area contributed by atoms with Crippen molar-refractivity contribution in [1.82, 2.24) is 0 Å². The van der Waals surface area contributed by atoms with Crippen molar-refractivity contribution in [3.63, 3.8) is 0 Å². The molecule has 0 amide bonds. The number of anilines is 2. The van der Waals surface area contributed by atoms with Crippen LogP contribution in [0.1, 0.15) is 30.4 Å². The summed E-state index contributed by atoms with van der Waals surface area (Å²) in [5.41, 5.74) is 4.39. The van der Waals surface area contributed by atoms with Gasteiger partial charge < -0.3 is 15.0 Å². The molecule has 3 nitrogen and oxygen atoms in total. The number of nitrogens with one attached hydrogen (secondary N) is 1. The van der Waals surface area contributed by atoms with Crippen LogP contribution in [0.2, 0.25) is 5.02 Å². The van der Waals surface area contributed by atoms with Crippen LogP contribution in [0, 0.1) is 0 Å². The lowest BCUT2D eigenvalue weighted by atomic mass is 10.1. The molecule has 1 N–H and O–H groups in total. The van der Waals surface area contributed by atoms with E-state index in [1.54, 1.807) is 0 Å². The van der Waals surface area contributed by atoms with Gasteiger partial charge in [0.2, 0.25) is 0 Å². The van der Waals surface area contributed by atoms with Crippen molar-refractivity contribution in [2.45, 2.75) is 32.4 Å². The average molecular weight is 486 g/mol. The molecule has 0 aliphatic carbocycles. The molecule has 0 atom stereocenters. The van der Waals surface area contributed by atoms with Gasteiger partial charge in [-0.25, -0.2) is 0 Å². The summed E-state index contributed by atoms with van der Waals surface area (Å²) in [6.45, 7) is 3.38. The van der Waals surface area contributed by atoms with Gasteiger partial charge in [0.05, 0.1) is 10.7 Å². The molecule has 3 aromatic carbocycles. The molecule has 1 fully saturated rings. The van der Waals surface area contributed by atoms with Crippen molar-refractivity contribution in [1.29, 1.82) is 0 Å². The van der Waals surface area contributed by atoms with Crippen LogP contribution in [-0.2, 0) is 13.2 Å². The van der Waals surface area contributed by atoms with Crippen LogP contribution in [-0.4, -0.2) is 13.1 Å². The molecule has 3 aromatic rings. The summed E-state index contributed by atoms with van der Waals surface area (Å²) in [4.78, 5) is 2.39. The Morgan fingerprint density at radius 1 is 0.933 bits per heavy atom. The van der Waals surface area contributed by atoms with Crippen LogP contribution in [0.25, 0.3) is 0 Å². The number of nitrogens with zero attached hydrogens (tertiary/aromatic N) is 1. The first-order valence-electron chi connectivity index (χ1n) is 10.4. The van der Waals surface area contributed by atoms with Gasteiger partial charge in [0.15, 0.2) is 0 Å². The van der Waals surface area contributed by atoms with E-state index in [1.807, 2.05) is 36.4 Å². The fourth-order valence-electron chi connectivity index (χ4n) is 3.77. The quantitative estimate of drug-likeness (QED) is 0.380. The van der Waals surface area contributed by atoms with E-state index in [-0.39, 0.29) is 0 Å². The van der Waals surface area contributed by atoms with Crippen LogP contribution >= 0.6 is 27.5 Å². The second-order valence-corrected chi connectivity index (χ2v) is 8.92. The minimum Gasteiger partial charge on any atom is -0.489 e. The van der Waals surface area contributed by atoms with E-state index in [4.69, 9.17) is 16.3 Å². The lowest BCUT2D eigenvalue weighted by Crippen LogP contribution is -2.29. The third kappa shape index (κ3) is 5.50. The van der Waals surface area contributed by atoms with Gasteiger partial charge >= 0.3 is 0 Å². The van der Waals surface area contributed by atoms with E-state index in [1.165, 1.54) is 19.3 Å². The maximum Gasteiger partial charge on any atom is 0.124 e. The van der Waals surface area contributed by atoms with Gasteiger partial charge in [0.1, 0.15) is 12.4 Å². The molecule has 1 heterocycles. The Bertz CT molecular complexity index is 974. The third-order valence-electron chi connectivity index (χ3n) is 5.39. The Balaban J connectivity index is 1.42. The Labute approximate surface area is 192 Å². The molecular weight excluding hydrogens is 460 g/mol. The summed E-state index contributed by atoms with van der Waals surface area (Å²) in [7, 11) is 0. The van der Waals surface area contributed by atoms with E-state index in [9.17, 15) is 0 Å². The minimum atomic E-state index is 0.547. The maximum absolute atomic E-state index is 6.60. The smallest absolute Gasteiger partial charge is 0.124 e. The van der Waals surface area contributed by atoms with E-state index in [0.29, 0.717) is 13.2 Å². The Kier molecular flexibility index (Phi) is 7.19. The standard InChI is InChI=1S/C25H26BrClN2O/c26-21-9-12-25(30-18-19-7-3-1-4-8-19)20(15-21)17-28-22-10-11-24(23(27)16-22)29-13-5-2-6-14-29/h1,3-4,7-12,15-16,28H,2,5-6,13-14,17-18H2. The first kappa shape index (κ1) is 21.1. The summed E-state index contributed by atoms with van der Waals surface area (Å²) in [5, 5.41) is 4.30. The highest BCUT2D eigenvalue weighted by Gasteiger charge is 2.14. The van der Waals surface area contributed by atoms with Crippen molar-refractivity contribution >= 4 is 38.9 Å². The van der Waals surface area contributed by atoms with E-state index < -0.39 is 0 Å². The number of piperidine rings is 1. The summed E-state index contributed by atoms with van der Waals surface area (Å²) in [6.07, 6.45) is 3.80. The molecule has 30 heavy (non-hydrogen) atoms. The molecule has 0 spiro atoms. The lowest BCUT2D eigenvalue weighted by Gasteiger charge is -2.29. The largest absolute Gasteiger partial charge is 0.489 e. The molecule has 0 unspecified atom stereocenters. The first-order chi connectivity index (χ1) is 14.7. The molecule has 5 heteroatoms. The summed E-state index contributed by atoms with van der Waals surface area (Å²) < 4.78 is 7.13. The summed E-state index contributed by atoms with van der Waals surface area (Å²) in [5.74, 6) is 0.880. The first-order valence-corrected chi connectivity index (χ1v) is 11.6. The van der Waals surface area contributed by atoms with Gasteiger partial charge in [-0.3, -0.25) is 0 Å². The topological polar surface area (TPSA) is 24.5 Å². The van der Waals surface area contributed by atoms with Crippen LogP contribution in [0.15, 0.2) is 71.2 Å². The zero-order valence-electron chi connectivity index (χ0n) is 16.9. The molecule has 156 valence electrons. The Hall–Kier alpha value is -2.17. The number of ether oxygens (including phenoxy) is 1. The van der Waals surface area contributed by atoms with Crippen molar-refractivity contribution < 1.29 is 4.74 Å². The summed E-state index contributed by atoms with van der Waals surface area (Å²) in [6, 6.07) is 22.6. The zero-order valence-corrected chi connectivity index (χ0v) is 19.3. The minimum absolute atomic E-state index is 0.547. The fraction of sp³-hybridized carbons (Fsp3) is 0.280. The van der Waals surface area contributed by atoms with Crippen molar-refractivity contribution in [2.24, 2.45) is 0 Å². The van der Waals surface area contributed by atoms with Crippen molar-refractivity contribution in [2.75, 3.05) is 23.3 Å². The molecule has 1 saturated heterocycles. The summed E-state index contributed by atoms with van der Waals surface area (Å²) >= 11 is 10.2. The molecule has 1 aliphatic rings. The average Bonchev–Trinajstić information content (AvgIpc) is 2.78. The van der Waals surface area contributed by atoms with E-state index in [2.05, 4.69) is 56.5 Å². The Morgan fingerprint density at radius 3 is 2.50 bits per heavy atom. The monoisotopic (exact) mass is 484 g/mol. The number of hydrogen-bond donors (Lipinski definition) is 1. The van der Waals surface area contributed by atoms with Crippen molar-refractivity contribution in [3.8, 4) is 5.75 Å². The second-order valence-electron chi connectivity index (χ2n) is 7.59. The highest BCUT2D eigenvalue weighted by molar-refractivity contribution is 9.10. The van der Waals surface area contributed by atoms with Gasteiger partial charge in [-0.1, -0.05) is 57.9 Å². The normalized spacial score (nSPS) is 13.9. The fourth-order valence-corrected chi connectivity index (χ4v) is 4.48. The zero-order chi connectivity index (χ0) is 20.8. The molecule has 1 aliphatic heterocycles. The van der Waals surface area contributed by atoms with Gasteiger partial charge in [-0.2, -0.15) is 0 Å². The predicted molar refractivity (Wildman–Crippen MR) is 130 cm³/mol. The van der Waals surface area contributed by atoms with Crippen LogP contribution in [0.5, 0.6) is 5.75 Å². The molecule has 0 bridgehead atoms. The SMILES string of the molecule is Clc1cc(NCc2cc(Br)ccc2OCc2ccccc2)ccc1N1CCCCC1. The van der Waals surface area contributed by atoms with E-state index >= 15 is 0 Å². The molecular formula is C25H26BrClN2O. The highest BCUT2D eigenvalue weighted by Crippen LogP contribution is 2.31. The van der Waals surface area contributed by atoms with Gasteiger partial charge in [-0.05, 0) is 61.2 Å². The van der Waals surface area contributed by atoms with Gasteiger partial charge in [0, 0.05) is 35.4 Å². The van der Waals surface area contributed by atoms with Gasteiger partial charge in [0.25, 0.3) is 0 Å². The van der Waals surface area contributed by atoms with Crippen LogP contribution in [0.4, 0.5) is 11.4 Å². The molecule has 4 rings (SSSR count). The number of benzene rings is 3. The van der Waals surface area contributed by atoms with Gasteiger partial charge in [-0.15, -0.1) is 0 Å². The van der Waals surface area contributed by atoms with Crippen LogP contribution < -0.4 is 15.0 Å². The molecule has 0 saturated carbocycles. The molecule has 0 radical (unpaired) electrons. The Morgan fingerprint density at radius 2 is 1.73 bits per heavy atom. The van der Waals surface area contributed by atoms with Crippen molar-refractivity contribution in [3.05, 3.63) is 87.4 Å².